The molecule has 0 amide bonds. The predicted molar refractivity (Wildman–Crippen MR) is 67.4 cm³/mol. The molecule has 2 rings (SSSR count). The molecule has 1 aliphatic rings. The van der Waals surface area contributed by atoms with Crippen molar-refractivity contribution in [1.82, 2.24) is 0 Å². The highest BCUT2D eigenvalue weighted by Gasteiger charge is 2.32. The number of nitrogen functional groups attached to an aromatic ring is 1. The molecule has 4 N–H and O–H groups in total. The van der Waals surface area contributed by atoms with Gasteiger partial charge in [0, 0.05) is 25.6 Å². The molecule has 1 aromatic rings. The lowest BCUT2D eigenvalue weighted by Crippen LogP contribution is -2.37. The minimum Gasteiger partial charge on any atom is -0.397 e. The first kappa shape index (κ1) is 12.6. The third kappa shape index (κ3) is 2.88. The van der Waals surface area contributed by atoms with Gasteiger partial charge in [-0.05, 0) is 22.0 Å². The van der Waals surface area contributed by atoms with Crippen molar-refractivity contribution in [3.05, 3.63) is 22.4 Å². The van der Waals surface area contributed by atoms with Gasteiger partial charge in [0.2, 0.25) is 0 Å². The first-order chi connectivity index (χ1) is 8.00. The maximum Gasteiger partial charge on any atom is 0.139 e. The fourth-order valence-corrected chi connectivity index (χ4v) is 2.05. The fraction of sp³-hybridized carbons (Fsp3) is 0.455. The SMILES string of the molecule is Nc1cc(F)c(Br)cc1NCC1(O)CCOC1. The average Bonchev–Trinajstić information content (AvgIpc) is 2.69. The van der Waals surface area contributed by atoms with E-state index in [9.17, 15) is 9.50 Å². The molecule has 4 nitrogen and oxygen atoms in total. The van der Waals surface area contributed by atoms with Crippen LogP contribution in [0.5, 0.6) is 0 Å². The highest BCUT2D eigenvalue weighted by molar-refractivity contribution is 9.10. The molecular weight excluding hydrogens is 291 g/mol. The van der Waals surface area contributed by atoms with Gasteiger partial charge >= 0.3 is 0 Å². The quantitative estimate of drug-likeness (QED) is 0.744. The van der Waals surface area contributed by atoms with Gasteiger partial charge in [-0.15, -0.1) is 0 Å². The van der Waals surface area contributed by atoms with Crippen molar-refractivity contribution in [3.8, 4) is 0 Å². The molecule has 1 aliphatic heterocycles. The van der Waals surface area contributed by atoms with Gasteiger partial charge in [-0.3, -0.25) is 0 Å². The number of hydrogen-bond donors (Lipinski definition) is 3. The Morgan fingerprint density at radius 3 is 3.00 bits per heavy atom. The second-order valence-corrected chi connectivity index (χ2v) is 5.09. The van der Waals surface area contributed by atoms with Crippen molar-refractivity contribution in [1.29, 1.82) is 0 Å². The molecule has 1 aromatic carbocycles. The molecule has 1 saturated heterocycles. The van der Waals surface area contributed by atoms with Gasteiger partial charge in [0.05, 0.1) is 22.5 Å². The van der Waals surface area contributed by atoms with Crippen LogP contribution in [-0.2, 0) is 4.74 Å². The molecule has 1 fully saturated rings. The Balaban J connectivity index is 2.06. The van der Waals surface area contributed by atoms with Crippen molar-refractivity contribution < 1.29 is 14.2 Å². The molecular formula is C11H14BrFN2O2. The summed E-state index contributed by atoms with van der Waals surface area (Å²) in [7, 11) is 0. The zero-order valence-corrected chi connectivity index (χ0v) is 10.8. The van der Waals surface area contributed by atoms with Crippen LogP contribution in [0.15, 0.2) is 16.6 Å². The van der Waals surface area contributed by atoms with Crippen molar-refractivity contribution >= 4 is 27.3 Å². The third-order valence-electron chi connectivity index (χ3n) is 2.78. The number of rotatable bonds is 3. The van der Waals surface area contributed by atoms with E-state index in [1.165, 1.54) is 6.07 Å². The Hall–Kier alpha value is -0.850. The van der Waals surface area contributed by atoms with Gasteiger partial charge in [0.1, 0.15) is 11.4 Å². The summed E-state index contributed by atoms with van der Waals surface area (Å²) in [5, 5.41) is 13.1. The molecule has 0 aliphatic carbocycles. The van der Waals surface area contributed by atoms with E-state index in [1.807, 2.05) is 0 Å². The molecule has 0 aromatic heterocycles. The van der Waals surface area contributed by atoms with Crippen molar-refractivity contribution in [3.63, 3.8) is 0 Å². The van der Waals surface area contributed by atoms with Crippen molar-refractivity contribution in [2.24, 2.45) is 0 Å². The molecule has 6 heteroatoms. The summed E-state index contributed by atoms with van der Waals surface area (Å²) >= 11 is 3.09. The second kappa shape index (κ2) is 4.80. The molecule has 0 spiro atoms. The molecule has 1 unspecified atom stereocenters. The van der Waals surface area contributed by atoms with Gasteiger partial charge in [-0.25, -0.2) is 4.39 Å². The van der Waals surface area contributed by atoms with Gasteiger partial charge in [-0.1, -0.05) is 0 Å². The molecule has 0 radical (unpaired) electrons. The summed E-state index contributed by atoms with van der Waals surface area (Å²) in [4.78, 5) is 0. The van der Waals surface area contributed by atoms with Gasteiger partial charge in [0.25, 0.3) is 0 Å². The standard InChI is InChI=1S/C11H14BrFN2O2/c12-7-3-10(9(14)4-8(7)13)15-5-11(16)1-2-17-6-11/h3-4,15-16H,1-2,5-6,14H2. The smallest absolute Gasteiger partial charge is 0.139 e. The zero-order chi connectivity index (χ0) is 12.5. The highest BCUT2D eigenvalue weighted by Crippen LogP contribution is 2.28. The van der Waals surface area contributed by atoms with Crippen LogP contribution in [-0.4, -0.2) is 30.5 Å². The summed E-state index contributed by atoms with van der Waals surface area (Å²) in [6.45, 7) is 1.19. The van der Waals surface area contributed by atoms with Crippen LogP contribution in [0.1, 0.15) is 6.42 Å². The van der Waals surface area contributed by atoms with E-state index in [0.717, 1.165) is 0 Å². The lowest BCUT2D eigenvalue weighted by molar-refractivity contribution is 0.0382. The molecule has 0 saturated carbocycles. The Kier molecular flexibility index (Phi) is 3.56. The largest absolute Gasteiger partial charge is 0.397 e. The van der Waals surface area contributed by atoms with Crippen LogP contribution in [0, 0.1) is 5.82 Å². The minimum atomic E-state index is -0.868. The Bertz CT molecular complexity index is 422. The molecule has 1 heterocycles. The van der Waals surface area contributed by atoms with E-state index >= 15 is 0 Å². The third-order valence-corrected chi connectivity index (χ3v) is 3.39. The molecule has 1 atom stereocenters. The lowest BCUT2D eigenvalue weighted by atomic mass is 10.0. The van der Waals surface area contributed by atoms with Crippen LogP contribution in [0.2, 0.25) is 0 Å². The molecule has 17 heavy (non-hydrogen) atoms. The number of ether oxygens (including phenoxy) is 1. The summed E-state index contributed by atoms with van der Waals surface area (Å²) in [6.07, 6.45) is 0.586. The Labute approximate surface area is 107 Å². The predicted octanol–water partition coefficient (Wildman–Crippen LogP) is 1.73. The minimum absolute atomic E-state index is 0.308. The fourth-order valence-electron chi connectivity index (χ4n) is 1.71. The van der Waals surface area contributed by atoms with E-state index in [0.29, 0.717) is 42.0 Å². The Morgan fingerprint density at radius 1 is 1.59 bits per heavy atom. The van der Waals surface area contributed by atoms with E-state index in [1.54, 1.807) is 6.07 Å². The normalized spacial score (nSPS) is 23.9. The van der Waals surface area contributed by atoms with Crippen molar-refractivity contribution in [2.45, 2.75) is 12.0 Å². The summed E-state index contributed by atoms with van der Waals surface area (Å²) in [5.41, 5.74) is 5.72. The molecule has 94 valence electrons. The summed E-state index contributed by atoms with van der Waals surface area (Å²) < 4.78 is 18.6. The number of nitrogens with one attached hydrogen (secondary N) is 1. The van der Waals surface area contributed by atoms with Crippen LogP contribution in [0.3, 0.4) is 0 Å². The summed E-state index contributed by atoms with van der Waals surface area (Å²) in [6, 6.07) is 2.80. The van der Waals surface area contributed by atoms with Gasteiger partial charge in [-0.2, -0.15) is 0 Å². The number of anilines is 2. The van der Waals surface area contributed by atoms with Crippen molar-refractivity contribution in [2.75, 3.05) is 30.8 Å². The summed E-state index contributed by atoms with van der Waals surface area (Å²) in [5.74, 6) is -0.407. The van der Waals surface area contributed by atoms with Gasteiger partial charge in [0.15, 0.2) is 0 Å². The van der Waals surface area contributed by atoms with E-state index in [2.05, 4.69) is 21.2 Å². The van der Waals surface area contributed by atoms with E-state index in [4.69, 9.17) is 10.5 Å². The average molecular weight is 305 g/mol. The van der Waals surface area contributed by atoms with Crippen LogP contribution >= 0.6 is 15.9 Å². The second-order valence-electron chi connectivity index (χ2n) is 4.23. The number of aliphatic hydroxyl groups is 1. The number of nitrogens with two attached hydrogens (primary N) is 1. The number of hydrogen-bond acceptors (Lipinski definition) is 4. The van der Waals surface area contributed by atoms with Crippen LogP contribution in [0.4, 0.5) is 15.8 Å². The maximum absolute atomic E-state index is 13.2. The topological polar surface area (TPSA) is 67.5 Å². The number of benzene rings is 1. The van der Waals surface area contributed by atoms with E-state index < -0.39 is 11.4 Å². The first-order valence-electron chi connectivity index (χ1n) is 5.29. The Morgan fingerprint density at radius 2 is 2.35 bits per heavy atom. The number of halogens is 2. The highest BCUT2D eigenvalue weighted by atomic mass is 79.9. The van der Waals surface area contributed by atoms with Crippen LogP contribution < -0.4 is 11.1 Å². The van der Waals surface area contributed by atoms with Gasteiger partial charge < -0.3 is 20.9 Å². The van der Waals surface area contributed by atoms with E-state index in [-0.39, 0.29) is 0 Å². The molecule has 0 bridgehead atoms. The van der Waals surface area contributed by atoms with Crippen LogP contribution in [0.25, 0.3) is 0 Å². The maximum atomic E-state index is 13.2. The lowest BCUT2D eigenvalue weighted by Gasteiger charge is -2.22. The first-order valence-corrected chi connectivity index (χ1v) is 6.08. The monoisotopic (exact) mass is 304 g/mol. The zero-order valence-electron chi connectivity index (χ0n) is 9.17.